The van der Waals surface area contributed by atoms with Gasteiger partial charge in [-0.1, -0.05) is 11.8 Å². The Morgan fingerprint density at radius 3 is 2.80 bits per heavy atom. The van der Waals surface area contributed by atoms with E-state index < -0.39 is 5.92 Å². The molecule has 1 aliphatic heterocycles. The molecule has 30 heavy (non-hydrogen) atoms. The number of halogens is 1. The lowest BCUT2D eigenvalue weighted by atomic mass is 9.79. The molecule has 6 nitrogen and oxygen atoms in total. The van der Waals surface area contributed by atoms with Gasteiger partial charge in [0.25, 0.3) is 0 Å². The maximum atomic E-state index is 13.0. The lowest BCUT2D eigenvalue weighted by Gasteiger charge is -2.32. The molecule has 2 aliphatic rings. The standard InChI is InChI=1S/C22H18FN3O3S/c23-13-6-8-14(9-7-13)25-19(28)12-30-22-15(11-24)20(18-5-2-10-29-18)21-16(26-22)3-1-4-17(21)27/h2,5-10,20,26H,1,3-4,12H2,(H,25,28). The number of anilines is 1. The predicted molar refractivity (Wildman–Crippen MR) is 111 cm³/mol. The maximum Gasteiger partial charge on any atom is 0.234 e. The van der Waals surface area contributed by atoms with Crippen molar-refractivity contribution in [3.8, 4) is 6.07 Å². The monoisotopic (exact) mass is 423 g/mol. The van der Waals surface area contributed by atoms with Gasteiger partial charge < -0.3 is 15.1 Å². The van der Waals surface area contributed by atoms with Crippen molar-refractivity contribution in [3.63, 3.8) is 0 Å². The molecule has 2 heterocycles. The second-order valence-electron chi connectivity index (χ2n) is 6.94. The fourth-order valence-corrected chi connectivity index (χ4v) is 4.51. The minimum atomic E-state index is -0.572. The van der Waals surface area contributed by atoms with E-state index in [1.165, 1.54) is 42.3 Å². The topological polar surface area (TPSA) is 95.1 Å². The molecule has 0 saturated heterocycles. The first-order chi connectivity index (χ1) is 14.6. The number of allylic oxidation sites excluding steroid dienone is 3. The number of benzene rings is 1. The second kappa shape index (κ2) is 8.59. The van der Waals surface area contributed by atoms with E-state index in [9.17, 15) is 19.2 Å². The molecule has 1 aromatic carbocycles. The van der Waals surface area contributed by atoms with Crippen LogP contribution in [0.2, 0.25) is 0 Å². The van der Waals surface area contributed by atoms with Gasteiger partial charge in [0.15, 0.2) is 5.78 Å². The number of nitrogens with one attached hydrogen (secondary N) is 2. The van der Waals surface area contributed by atoms with Crippen LogP contribution in [0.25, 0.3) is 0 Å². The highest BCUT2D eigenvalue weighted by atomic mass is 32.2. The molecule has 152 valence electrons. The van der Waals surface area contributed by atoms with Gasteiger partial charge in [0.05, 0.1) is 34.6 Å². The molecule has 8 heteroatoms. The van der Waals surface area contributed by atoms with Gasteiger partial charge in [0.2, 0.25) is 5.91 Å². The van der Waals surface area contributed by atoms with Gasteiger partial charge in [-0.15, -0.1) is 0 Å². The molecule has 4 rings (SSSR count). The molecule has 2 aromatic rings. The van der Waals surface area contributed by atoms with Gasteiger partial charge in [-0.05, 0) is 49.2 Å². The summed E-state index contributed by atoms with van der Waals surface area (Å²) in [5.41, 5.74) is 2.21. The average Bonchev–Trinajstić information content (AvgIpc) is 3.27. The van der Waals surface area contributed by atoms with Crippen molar-refractivity contribution < 1.29 is 18.4 Å². The van der Waals surface area contributed by atoms with Gasteiger partial charge >= 0.3 is 0 Å². The van der Waals surface area contributed by atoms with Crippen LogP contribution < -0.4 is 10.6 Å². The number of carbonyl (C=O) groups is 2. The number of amides is 1. The van der Waals surface area contributed by atoms with Crippen LogP contribution in [0.3, 0.4) is 0 Å². The molecule has 0 fully saturated rings. The van der Waals surface area contributed by atoms with Crippen LogP contribution in [0, 0.1) is 17.1 Å². The Morgan fingerprint density at radius 1 is 1.30 bits per heavy atom. The van der Waals surface area contributed by atoms with Crippen molar-refractivity contribution >= 4 is 29.1 Å². The number of nitriles is 1. The van der Waals surface area contributed by atoms with Crippen molar-refractivity contribution in [1.82, 2.24) is 5.32 Å². The van der Waals surface area contributed by atoms with Crippen LogP contribution >= 0.6 is 11.8 Å². The maximum absolute atomic E-state index is 13.0. The third-order valence-corrected chi connectivity index (χ3v) is 5.98. The molecule has 1 atom stereocenters. The molecular formula is C22H18FN3O3S. The van der Waals surface area contributed by atoms with Gasteiger partial charge in [-0.3, -0.25) is 9.59 Å². The highest BCUT2D eigenvalue weighted by Gasteiger charge is 2.38. The Labute approximate surface area is 176 Å². The molecule has 1 amide bonds. The summed E-state index contributed by atoms with van der Waals surface area (Å²) in [6, 6.07) is 11.2. The third kappa shape index (κ3) is 4.02. The van der Waals surface area contributed by atoms with Gasteiger partial charge in [-0.25, -0.2) is 4.39 Å². The Morgan fingerprint density at radius 2 is 2.10 bits per heavy atom. The average molecular weight is 423 g/mol. The number of ketones is 1. The third-order valence-electron chi connectivity index (χ3n) is 4.97. The Bertz CT molecular complexity index is 1080. The van der Waals surface area contributed by atoms with E-state index in [1.54, 1.807) is 12.1 Å². The quantitative estimate of drug-likeness (QED) is 0.748. The van der Waals surface area contributed by atoms with Crippen molar-refractivity contribution in [2.75, 3.05) is 11.1 Å². The SMILES string of the molecule is N#CC1=C(SCC(=O)Nc2ccc(F)cc2)NC2=C(C(=O)CCC2)C1c1ccco1. The fraction of sp³-hybridized carbons (Fsp3) is 0.227. The van der Waals surface area contributed by atoms with Gasteiger partial charge in [0.1, 0.15) is 11.6 Å². The number of thioether (sulfide) groups is 1. The molecular weight excluding hydrogens is 405 g/mol. The number of rotatable bonds is 5. The first kappa shape index (κ1) is 20.0. The molecule has 0 bridgehead atoms. The van der Waals surface area contributed by atoms with Crippen LogP contribution in [0.15, 0.2) is 69.0 Å². The van der Waals surface area contributed by atoms with Gasteiger partial charge in [-0.2, -0.15) is 5.26 Å². The van der Waals surface area contributed by atoms with E-state index in [0.717, 1.165) is 12.1 Å². The highest BCUT2D eigenvalue weighted by Crippen LogP contribution is 2.44. The molecule has 1 unspecified atom stereocenters. The molecule has 1 aromatic heterocycles. The van der Waals surface area contributed by atoms with Crippen LogP contribution in [-0.4, -0.2) is 17.4 Å². The number of dihydropyridines is 1. The van der Waals surface area contributed by atoms with Crippen LogP contribution in [-0.2, 0) is 9.59 Å². The molecule has 0 saturated carbocycles. The summed E-state index contributed by atoms with van der Waals surface area (Å²) >= 11 is 1.19. The summed E-state index contributed by atoms with van der Waals surface area (Å²) in [6.45, 7) is 0. The number of furan rings is 1. The van der Waals surface area contributed by atoms with Crippen molar-refractivity contribution in [1.29, 1.82) is 5.26 Å². The van der Waals surface area contributed by atoms with Crippen molar-refractivity contribution in [2.24, 2.45) is 0 Å². The smallest absolute Gasteiger partial charge is 0.234 e. The van der Waals surface area contributed by atoms with Crippen molar-refractivity contribution in [3.05, 3.63) is 76.1 Å². The zero-order chi connectivity index (χ0) is 21.1. The van der Waals surface area contributed by atoms with Crippen LogP contribution in [0.4, 0.5) is 10.1 Å². The van der Waals surface area contributed by atoms with Crippen molar-refractivity contribution in [2.45, 2.75) is 25.2 Å². The summed E-state index contributed by atoms with van der Waals surface area (Å²) in [7, 11) is 0. The lowest BCUT2D eigenvalue weighted by molar-refractivity contribution is -0.116. The Balaban J connectivity index is 1.56. The number of hydrogen-bond donors (Lipinski definition) is 2. The van der Waals surface area contributed by atoms with Gasteiger partial charge in [0, 0.05) is 23.4 Å². The highest BCUT2D eigenvalue weighted by molar-refractivity contribution is 8.03. The summed E-state index contributed by atoms with van der Waals surface area (Å²) in [6.07, 6.45) is 3.39. The number of hydrogen-bond acceptors (Lipinski definition) is 6. The Hall–Kier alpha value is -3.31. The first-order valence-electron chi connectivity index (χ1n) is 9.46. The molecule has 0 spiro atoms. The summed E-state index contributed by atoms with van der Waals surface area (Å²) < 4.78 is 18.6. The van der Waals surface area contributed by atoms with Crippen LogP contribution in [0.1, 0.15) is 30.9 Å². The molecule has 2 N–H and O–H groups in total. The van der Waals surface area contributed by atoms with E-state index in [4.69, 9.17) is 4.42 Å². The minimum Gasteiger partial charge on any atom is -0.468 e. The predicted octanol–water partition coefficient (Wildman–Crippen LogP) is 4.22. The molecule has 1 aliphatic carbocycles. The first-order valence-corrected chi connectivity index (χ1v) is 10.4. The fourth-order valence-electron chi connectivity index (χ4n) is 3.65. The number of carbonyl (C=O) groups excluding carboxylic acids is 2. The van der Waals surface area contributed by atoms with E-state index in [0.29, 0.717) is 40.5 Å². The summed E-state index contributed by atoms with van der Waals surface area (Å²) in [5, 5.41) is 16.3. The lowest BCUT2D eigenvalue weighted by Crippen LogP contribution is -2.31. The number of Topliss-reactive ketones (excluding diaryl/α,β-unsaturated/α-hetero) is 1. The number of nitrogens with zero attached hydrogens (tertiary/aromatic N) is 1. The Kier molecular flexibility index (Phi) is 5.72. The largest absolute Gasteiger partial charge is 0.468 e. The summed E-state index contributed by atoms with van der Waals surface area (Å²) in [4.78, 5) is 25.0. The van der Waals surface area contributed by atoms with E-state index in [1.807, 2.05) is 0 Å². The van der Waals surface area contributed by atoms with Crippen LogP contribution in [0.5, 0.6) is 0 Å². The zero-order valence-electron chi connectivity index (χ0n) is 15.9. The van der Waals surface area contributed by atoms with E-state index >= 15 is 0 Å². The summed E-state index contributed by atoms with van der Waals surface area (Å²) in [5.74, 6) is -0.649. The normalized spacial score (nSPS) is 18.5. The molecule has 0 radical (unpaired) electrons. The minimum absolute atomic E-state index is 0.0102. The van der Waals surface area contributed by atoms with E-state index in [-0.39, 0.29) is 23.3 Å². The zero-order valence-corrected chi connectivity index (χ0v) is 16.7. The van der Waals surface area contributed by atoms with E-state index in [2.05, 4.69) is 16.7 Å². The second-order valence-corrected chi connectivity index (χ2v) is 7.93.